The van der Waals surface area contributed by atoms with Gasteiger partial charge in [-0.15, -0.1) is 10.2 Å². The van der Waals surface area contributed by atoms with Crippen molar-refractivity contribution in [2.75, 3.05) is 0 Å². The molecule has 0 N–H and O–H groups in total. The Balaban J connectivity index is 1.19. The molecule has 0 atom stereocenters. The maximum atomic E-state index is 12.2. The minimum absolute atomic E-state index is 0.0446. The summed E-state index contributed by atoms with van der Waals surface area (Å²) in [4.78, 5) is 22.6. The molecular weight excluding hydrogens is 446 g/mol. The number of benzene rings is 3. The molecule has 0 saturated carbocycles. The first-order valence-electron chi connectivity index (χ1n) is 10.9. The van der Waals surface area contributed by atoms with Crippen LogP contribution >= 0.6 is 0 Å². The van der Waals surface area contributed by atoms with Crippen molar-refractivity contribution in [3.8, 4) is 11.5 Å². The molecule has 5 aromatic rings. The predicted molar refractivity (Wildman–Crippen MR) is 126 cm³/mol. The summed E-state index contributed by atoms with van der Waals surface area (Å²) < 4.78 is 11.9. The number of nitrogens with zero attached hydrogens (tertiary/aromatic N) is 5. The topological polar surface area (TPSA) is 101 Å². The van der Waals surface area contributed by atoms with Crippen molar-refractivity contribution < 1.29 is 19.1 Å². The van der Waals surface area contributed by atoms with Crippen molar-refractivity contribution in [1.29, 1.82) is 0 Å². The van der Waals surface area contributed by atoms with Gasteiger partial charge in [-0.3, -0.25) is 0 Å². The van der Waals surface area contributed by atoms with Crippen LogP contribution in [0, 0.1) is 0 Å². The van der Waals surface area contributed by atoms with Crippen molar-refractivity contribution >= 4 is 16.9 Å². The predicted octanol–water partition coefficient (Wildman–Crippen LogP) is 3.58. The Morgan fingerprint density at radius 2 is 1.57 bits per heavy atom. The number of tetrazole rings is 1. The maximum absolute atomic E-state index is 12.2. The number of rotatable bonds is 9. The minimum Gasteiger partial charge on any atom is -0.489 e. The fourth-order valence-corrected chi connectivity index (χ4v) is 3.51. The van der Waals surface area contributed by atoms with E-state index in [0.29, 0.717) is 18.1 Å². The van der Waals surface area contributed by atoms with Gasteiger partial charge in [-0.2, -0.15) is 0 Å². The molecule has 0 saturated heterocycles. The number of fused-ring (bicyclic) bond motifs is 1. The van der Waals surface area contributed by atoms with Gasteiger partial charge in [0, 0.05) is 16.4 Å². The molecule has 0 bridgehead atoms. The lowest BCUT2D eigenvalue weighted by atomic mass is 10.1. The first kappa shape index (κ1) is 22.0. The summed E-state index contributed by atoms with van der Waals surface area (Å²) in [6.07, 6.45) is 1.23. The van der Waals surface area contributed by atoms with E-state index in [9.17, 15) is 4.79 Å². The van der Waals surface area contributed by atoms with Crippen LogP contribution in [0.2, 0.25) is 0 Å². The summed E-state index contributed by atoms with van der Waals surface area (Å²) in [7, 11) is 0. The van der Waals surface area contributed by atoms with Crippen LogP contribution in [0.4, 0.5) is 0 Å². The van der Waals surface area contributed by atoms with Gasteiger partial charge in [0.05, 0.1) is 17.6 Å². The first-order valence-corrected chi connectivity index (χ1v) is 10.9. The number of carbonyl (C=O) groups is 1. The molecule has 0 aliphatic rings. The average Bonchev–Trinajstić information content (AvgIpc) is 3.40. The second-order valence-corrected chi connectivity index (χ2v) is 7.64. The molecule has 3 aromatic carbocycles. The fraction of sp³-hybridized carbons (Fsp3) is 0.115. The molecule has 174 valence electrons. The zero-order chi connectivity index (χ0) is 23.9. The Hall–Kier alpha value is -4.79. The highest BCUT2D eigenvalue weighted by Crippen LogP contribution is 2.22. The summed E-state index contributed by atoms with van der Waals surface area (Å²) in [6.45, 7) is 0.626. The average molecular weight is 467 g/mol. The Kier molecular flexibility index (Phi) is 6.56. The molecule has 2 aromatic heterocycles. The Morgan fingerprint density at radius 3 is 2.40 bits per heavy atom. The molecule has 0 fully saturated rings. The molecule has 0 unspecified atom stereocenters. The maximum Gasteiger partial charge on any atom is 0.341 e. The third-order valence-electron chi connectivity index (χ3n) is 5.21. The fourth-order valence-electron chi connectivity index (χ4n) is 3.51. The van der Waals surface area contributed by atoms with Crippen LogP contribution in [0.5, 0.6) is 11.5 Å². The van der Waals surface area contributed by atoms with E-state index in [-0.39, 0.29) is 13.0 Å². The van der Waals surface area contributed by atoms with Gasteiger partial charge < -0.3 is 14.3 Å². The molecule has 0 spiro atoms. The Labute approximate surface area is 200 Å². The molecule has 2 heterocycles. The van der Waals surface area contributed by atoms with E-state index in [1.54, 1.807) is 0 Å². The summed E-state index contributed by atoms with van der Waals surface area (Å²) in [6, 6.07) is 26.9. The third-order valence-corrected chi connectivity index (χ3v) is 5.21. The van der Waals surface area contributed by atoms with E-state index in [2.05, 4.69) is 20.4 Å². The van der Waals surface area contributed by atoms with Crippen LogP contribution in [0.25, 0.3) is 10.9 Å². The Bertz CT molecular complexity index is 1440. The summed E-state index contributed by atoms with van der Waals surface area (Å²) in [5.74, 6) is 0.820. The summed E-state index contributed by atoms with van der Waals surface area (Å²) in [5, 5.41) is 11.8. The zero-order valence-electron chi connectivity index (χ0n) is 18.7. The lowest BCUT2D eigenvalue weighted by Gasteiger charge is -2.12. The van der Waals surface area contributed by atoms with Crippen LogP contribution < -0.4 is 14.3 Å². The number of pyridine rings is 1. The van der Waals surface area contributed by atoms with Crippen molar-refractivity contribution in [2.24, 2.45) is 0 Å². The highest BCUT2D eigenvalue weighted by molar-refractivity contribution is 5.78. The summed E-state index contributed by atoms with van der Waals surface area (Å²) >= 11 is 0. The first-order chi connectivity index (χ1) is 17.2. The monoisotopic (exact) mass is 467 g/mol. The number of aromatic nitrogens is 5. The summed E-state index contributed by atoms with van der Waals surface area (Å²) in [5.41, 5.74) is 3.43. The van der Waals surface area contributed by atoms with Crippen LogP contribution in [0.3, 0.4) is 0 Å². The van der Waals surface area contributed by atoms with Gasteiger partial charge in [0.25, 0.3) is 0 Å². The van der Waals surface area contributed by atoms with E-state index < -0.39 is 5.97 Å². The number of hydrogen-bond donors (Lipinski definition) is 0. The molecule has 5 rings (SSSR count). The lowest BCUT2D eigenvalue weighted by molar-refractivity contribution is -0.147. The van der Waals surface area contributed by atoms with Crippen molar-refractivity contribution in [2.45, 2.75) is 19.6 Å². The largest absolute Gasteiger partial charge is 0.489 e. The van der Waals surface area contributed by atoms with Crippen molar-refractivity contribution in [1.82, 2.24) is 25.4 Å². The molecule has 9 heteroatoms. The van der Waals surface area contributed by atoms with Gasteiger partial charge in [0.15, 0.2) is 6.33 Å². The normalized spacial score (nSPS) is 10.7. The van der Waals surface area contributed by atoms with E-state index in [1.165, 1.54) is 6.33 Å². The van der Waals surface area contributed by atoms with Gasteiger partial charge in [-0.05, 0) is 40.6 Å². The quantitative estimate of drug-likeness (QED) is 0.303. The molecule has 35 heavy (non-hydrogen) atoms. The zero-order valence-corrected chi connectivity index (χ0v) is 18.7. The van der Waals surface area contributed by atoms with Gasteiger partial charge in [0.1, 0.15) is 24.7 Å². The van der Waals surface area contributed by atoms with Crippen LogP contribution in [0.15, 0.2) is 91.3 Å². The van der Waals surface area contributed by atoms with Crippen LogP contribution in [-0.4, -0.2) is 31.3 Å². The number of ether oxygens (including phenoxy) is 2. The van der Waals surface area contributed by atoms with Crippen LogP contribution in [-0.2, 0) is 24.4 Å². The van der Waals surface area contributed by atoms with Crippen LogP contribution in [0.1, 0.15) is 16.8 Å². The van der Waals surface area contributed by atoms with Crippen molar-refractivity contribution in [3.05, 3.63) is 108 Å². The number of hydrogen-bond acceptors (Lipinski definition) is 8. The SMILES string of the molecule is O=C(Cc1ccccc1COc1cccc(OCc2ccc3ccccc3n2)c1)On1ncnn1. The van der Waals surface area contributed by atoms with E-state index in [1.807, 2.05) is 84.9 Å². The minimum atomic E-state index is -0.506. The van der Waals surface area contributed by atoms with Gasteiger partial charge >= 0.3 is 5.97 Å². The lowest BCUT2D eigenvalue weighted by Crippen LogP contribution is -2.24. The van der Waals surface area contributed by atoms with Gasteiger partial charge in [-0.1, -0.05) is 54.6 Å². The second-order valence-electron chi connectivity index (χ2n) is 7.64. The van der Waals surface area contributed by atoms with Gasteiger partial charge in [0.2, 0.25) is 0 Å². The second kappa shape index (κ2) is 10.4. The van der Waals surface area contributed by atoms with E-state index in [0.717, 1.165) is 32.7 Å². The molecule has 9 nitrogen and oxygen atoms in total. The molecule has 0 radical (unpaired) electrons. The molecule has 0 aliphatic heterocycles. The smallest absolute Gasteiger partial charge is 0.341 e. The molecular formula is C26H21N5O4. The number of para-hydroxylation sites is 1. The van der Waals surface area contributed by atoms with Gasteiger partial charge in [-0.25, -0.2) is 9.78 Å². The standard InChI is InChI=1S/C26H21N5O4/c32-26(35-31-28-18-27-30-31)14-20-7-1-2-8-21(20)16-33-23-9-5-10-24(15-23)34-17-22-13-12-19-6-3-4-11-25(19)29-22/h1-13,15,18H,14,16-17H2. The van der Waals surface area contributed by atoms with E-state index >= 15 is 0 Å². The highest BCUT2D eigenvalue weighted by Gasteiger charge is 2.12. The number of carbonyl (C=O) groups excluding carboxylic acids is 1. The molecule has 0 amide bonds. The van der Waals surface area contributed by atoms with Crippen molar-refractivity contribution in [3.63, 3.8) is 0 Å². The highest BCUT2D eigenvalue weighted by atomic mass is 16.7. The molecule has 0 aliphatic carbocycles. The third kappa shape index (κ3) is 5.77. The Morgan fingerprint density at radius 1 is 0.800 bits per heavy atom. The van der Waals surface area contributed by atoms with E-state index in [4.69, 9.17) is 14.3 Å².